The van der Waals surface area contributed by atoms with E-state index in [2.05, 4.69) is 45.2 Å². The predicted octanol–water partition coefficient (Wildman–Crippen LogP) is 5.31. The van der Waals surface area contributed by atoms with Crippen LogP contribution in [-0.4, -0.2) is 40.9 Å². The third-order valence-electron chi connectivity index (χ3n) is 4.41. The van der Waals surface area contributed by atoms with Gasteiger partial charge in [0.05, 0.1) is 39.0 Å². The van der Waals surface area contributed by atoms with Crippen molar-refractivity contribution in [1.82, 2.24) is 15.0 Å². The molecule has 0 saturated carbocycles. The maximum atomic E-state index is 12.2. The first-order valence-electron chi connectivity index (χ1n) is 10.5. The van der Waals surface area contributed by atoms with Crippen molar-refractivity contribution in [1.29, 1.82) is 0 Å². The zero-order valence-electron chi connectivity index (χ0n) is 19.2. The Labute approximate surface area is 216 Å². The molecule has 5 N–H and O–H groups in total. The Bertz CT molecular complexity index is 1330. The van der Waals surface area contributed by atoms with Crippen LogP contribution in [0.2, 0.25) is 5.28 Å². The van der Waals surface area contributed by atoms with E-state index in [0.717, 1.165) is 0 Å². The summed E-state index contributed by atoms with van der Waals surface area (Å²) in [6.07, 6.45) is 0.518. The Morgan fingerprint density at radius 1 is 1.11 bits per heavy atom. The van der Waals surface area contributed by atoms with Crippen molar-refractivity contribution in [3.63, 3.8) is 0 Å². The lowest BCUT2D eigenvalue weighted by Crippen LogP contribution is -2.07. The molecular weight excluding hydrogens is 532 g/mol. The maximum Gasteiger partial charge on any atom is 0.233 e. The molecule has 1 heterocycles. The molecular formula is C20H23ClN8O5S2. The third kappa shape index (κ3) is 7.46. The summed E-state index contributed by atoms with van der Waals surface area (Å²) in [5, 5.41) is 26.5. The van der Waals surface area contributed by atoms with Gasteiger partial charge < -0.3 is 16.4 Å². The van der Waals surface area contributed by atoms with Crippen molar-refractivity contribution in [3.05, 3.63) is 41.7 Å². The Kier molecular flexibility index (Phi) is 9.74. The number of nitrogens with two attached hydrogens (primary N) is 1. The second-order valence-corrected chi connectivity index (χ2v) is 10.2. The molecule has 192 valence electrons. The lowest BCUT2D eigenvalue weighted by molar-refractivity contribution is -0.432. The second kappa shape index (κ2) is 12.8. The van der Waals surface area contributed by atoms with Gasteiger partial charge in [0, 0.05) is 12.2 Å². The zero-order valence-corrected chi connectivity index (χ0v) is 21.6. The largest absolute Gasteiger partial charge is 0.398 e. The molecule has 0 aliphatic carbocycles. The molecule has 0 atom stereocenters. The molecule has 0 spiro atoms. The molecule has 16 heteroatoms. The van der Waals surface area contributed by atoms with Crippen molar-refractivity contribution in [2.75, 3.05) is 28.7 Å². The van der Waals surface area contributed by atoms with Gasteiger partial charge in [0.2, 0.25) is 17.2 Å². The molecule has 0 radical (unpaired) electrons. The van der Waals surface area contributed by atoms with E-state index >= 15 is 0 Å². The summed E-state index contributed by atoms with van der Waals surface area (Å²) in [5.74, 6) is 0.461. The summed E-state index contributed by atoms with van der Waals surface area (Å²) in [6.45, 7) is 4.25. The van der Waals surface area contributed by atoms with E-state index < -0.39 is 9.84 Å². The Balaban J connectivity index is 1.95. The number of nitrogens with zero attached hydrogens (tertiary/aromatic N) is 5. The Morgan fingerprint density at radius 2 is 1.83 bits per heavy atom. The van der Waals surface area contributed by atoms with Crippen LogP contribution in [0.3, 0.4) is 0 Å². The van der Waals surface area contributed by atoms with Crippen LogP contribution in [0.4, 0.5) is 34.6 Å². The zero-order chi connectivity index (χ0) is 26.1. The standard InChI is InChI=1S/C20H23ClN8O5S2/c1-3-9-36(31,32)13-7-5-12(6-8-13)28-29-16-11-17(35-34-33-30)14(22)10-15(16)24-20-26-18(21)25-19(27-20)23-4-2/h5-8,10-11,30H,3-4,9,22H2,1-2H3,(H2,23,24,25,26,27). The van der Waals surface area contributed by atoms with E-state index in [9.17, 15) is 8.42 Å². The van der Waals surface area contributed by atoms with Crippen LogP contribution in [0.15, 0.2) is 56.4 Å². The molecule has 3 aromatic rings. The van der Waals surface area contributed by atoms with Crippen LogP contribution in [0.5, 0.6) is 0 Å². The third-order valence-corrected chi connectivity index (χ3v) is 7.18. The lowest BCUT2D eigenvalue weighted by atomic mass is 10.2. The van der Waals surface area contributed by atoms with Crippen molar-refractivity contribution in [2.45, 2.75) is 30.1 Å². The molecule has 0 aliphatic rings. The number of anilines is 4. The van der Waals surface area contributed by atoms with Gasteiger partial charge in [-0.3, -0.25) is 0 Å². The summed E-state index contributed by atoms with van der Waals surface area (Å²) < 4.78 is 29.0. The lowest BCUT2D eigenvalue weighted by Gasteiger charge is -2.12. The molecule has 0 amide bonds. The number of hydrogen-bond donors (Lipinski definition) is 4. The van der Waals surface area contributed by atoms with Crippen LogP contribution in [-0.2, 0) is 19.2 Å². The van der Waals surface area contributed by atoms with Crippen LogP contribution >= 0.6 is 23.6 Å². The molecule has 3 rings (SSSR count). The second-order valence-electron chi connectivity index (χ2n) is 7.05. The number of halogens is 1. The highest BCUT2D eigenvalue weighted by atomic mass is 35.5. The van der Waals surface area contributed by atoms with E-state index in [4.69, 9.17) is 22.6 Å². The van der Waals surface area contributed by atoms with Crippen molar-refractivity contribution < 1.29 is 23.0 Å². The number of aromatic nitrogens is 3. The molecule has 0 saturated heterocycles. The van der Waals surface area contributed by atoms with Gasteiger partial charge in [0.25, 0.3) is 0 Å². The average molecular weight is 555 g/mol. The number of nitrogens with one attached hydrogen (secondary N) is 2. The van der Waals surface area contributed by atoms with Gasteiger partial charge in [-0.05, 0) is 61.3 Å². The first-order valence-corrected chi connectivity index (χ1v) is 13.3. The van der Waals surface area contributed by atoms with Gasteiger partial charge >= 0.3 is 0 Å². The number of nitrogen functional groups attached to an aromatic ring is 1. The number of benzene rings is 2. The maximum absolute atomic E-state index is 12.2. The number of sulfone groups is 1. The topological polar surface area (TPSA) is 186 Å². The van der Waals surface area contributed by atoms with Gasteiger partial charge in [0.15, 0.2) is 9.84 Å². The Hall–Kier alpha value is -3.08. The normalized spacial score (nSPS) is 11.7. The van der Waals surface area contributed by atoms with E-state index in [1.165, 1.54) is 24.3 Å². The summed E-state index contributed by atoms with van der Waals surface area (Å²) in [5.41, 5.74) is 7.42. The smallest absolute Gasteiger partial charge is 0.233 e. The highest BCUT2D eigenvalue weighted by Crippen LogP contribution is 2.38. The van der Waals surface area contributed by atoms with Gasteiger partial charge in [-0.2, -0.15) is 20.1 Å². The molecule has 0 fully saturated rings. The fourth-order valence-electron chi connectivity index (χ4n) is 2.87. The summed E-state index contributed by atoms with van der Waals surface area (Å²) in [7, 11) is -3.35. The summed E-state index contributed by atoms with van der Waals surface area (Å²) in [6, 6.07) is 9.10. The van der Waals surface area contributed by atoms with E-state index in [-0.39, 0.29) is 39.2 Å². The number of hydrogen-bond acceptors (Lipinski definition) is 14. The molecule has 36 heavy (non-hydrogen) atoms. The number of rotatable bonds is 12. The van der Waals surface area contributed by atoms with E-state index in [0.29, 0.717) is 41.3 Å². The van der Waals surface area contributed by atoms with Crippen molar-refractivity contribution in [3.8, 4) is 0 Å². The van der Waals surface area contributed by atoms with Gasteiger partial charge in [-0.25, -0.2) is 13.7 Å². The van der Waals surface area contributed by atoms with Crippen LogP contribution in [0, 0.1) is 0 Å². The van der Waals surface area contributed by atoms with Crippen LogP contribution < -0.4 is 16.4 Å². The molecule has 0 unspecified atom stereocenters. The van der Waals surface area contributed by atoms with Gasteiger partial charge in [-0.15, -0.1) is 9.45 Å². The molecule has 1 aromatic heterocycles. The molecule has 13 nitrogen and oxygen atoms in total. The van der Waals surface area contributed by atoms with E-state index in [1.807, 2.05) is 6.92 Å². The minimum absolute atomic E-state index is 0.0293. The highest BCUT2D eigenvalue weighted by molar-refractivity contribution is 7.94. The van der Waals surface area contributed by atoms with Gasteiger partial charge in [0.1, 0.15) is 5.69 Å². The van der Waals surface area contributed by atoms with Crippen LogP contribution in [0.25, 0.3) is 0 Å². The minimum Gasteiger partial charge on any atom is -0.398 e. The molecule has 0 aliphatic heterocycles. The molecule has 2 aromatic carbocycles. The Morgan fingerprint density at radius 3 is 2.50 bits per heavy atom. The first-order chi connectivity index (χ1) is 17.2. The molecule has 0 bridgehead atoms. The minimum atomic E-state index is -3.35. The monoisotopic (exact) mass is 554 g/mol. The fraction of sp³-hybridized carbons (Fsp3) is 0.250. The fourth-order valence-corrected chi connectivity index (χ4v) is 4.78. The van der Waals surface area contributed by atoms with Crippen molar-refractivity contribution in [2.24, 2.45) is 10.2 Å². The number of azo groups is 1. The predicted molar refractivity (Wildman–Crippen MR) is 137 cm³/mol. The average Bonchev–Trinajstić information content (AvgIpc) is 2.83. The van der Waals surface area contributed by atoms with Gasteiger partial charge in [-0.1, -0.05) is 12.0 Å². The quantitative estimate of drug-likeness (QED) is 0.0743. The summed E-state index contributed by atoms with van der Waals surface area (Å²) >= 11 is 6.65. The van der Waals surface area contributed by atoms with Crippen molar-refractivity contribution >= 4 is 68.1 Å². The SMILES string of the molecule is CCCS(=O)(=O)c1ccc(N=Nc2cc(SOOO)c(N)cc2Nc2nc(Cl)nc(NCC)n2)cc1. The van der Waals surface area contributed by atoms with Crippen LogP contribution in [0.1, 0.15) is 20.3 Å². The highest BCUT2D eigenvalue weighted by Gasteiger charge is 2.14. The summed E-state index contributed by atoms with van der Waals surface area (Å²) in [4.78, 5) is 12.9. The van der Waals surface area contributed by atoms with E-state index in [1.54, 1.807) is 19.1 Å². The first kappa shape index (κ1) is 27.5.